The van der Waals surface area contributed by atoms with Crippen LogP contribution in [0.2, 0.25) is 6.04 Å². The topological polar surface area (TPSA) is 21.7 Å². The van der Waals surface area contributed by atoms with Crippen LogP contribution in [0.3, 0.4) is 0 Å². The summed E-state index contributed by atoms with van der Waals surface area (Å²) in [4.78, 5) is 2.62. The van der Waals surface area contributed by atoms with Crippen molar-refractivity contribution in [1.82, 2.24) is 4.90 Å². The van der Waals surface area contributed by atoms with Crippen LogP contribution < -0.4 is 5.19 Å². The number of hydrogen-bond acceptors (Lipinski definition) is 3. The molecular weight excluding hydrogens is 398 g/mol. The van der Waals surface area contributed by atoms with Crippen molar-refractivity contribution >= 4 is 19.3 Å². The van der Waals surface area contributed by atoms with Crippen LogP contribution in [0, 0.1) is 0 Å². The van der Waals surface area contributed by atoms with Gasteiger partial charge in [0.25, 0.3) is 0 Å². The van der Waals surface area contributed by atoms with E-state index in [2.05, 4.69) is 61.7 Å². The summed E-state index contributed by atoms with van der Waals surface area (Å²) < 4.78 is 12.2. The molecule has 0 aliphatic heterocycles. The molecule has 0 unspecified atom stereocenters. The standard InChI is InChI=1S/C27H41NO2Si/c1-6-8-20-28(21-9-7-2)22-13-23-31(29-4,30-5)27-18-16-26(17-19-27)24(3)25-14-11-10-12-15-25/h10-12,14-19H,3,6-9,13,20-23H2,1-2,4-5H3. The van der Waals surface area contributed by atoms with Crippen molar-refractivity contribution in [2.45, 2.75) is 52.0 Å². The van der Waals surface area contributed by atoms with Gasteiger partial charge >= 0.3 is 8.56 Å². The average Bonchev–Trinajstić information content (AvgIpc) is 2.83. The van der Waals surface area contributed by atoms with Crippen LogP contribution in [0.4, 0.5) is 0 Å². The lowest BCUT2D eigenvalue weighted by Crippen LogP contribution is -2.52. The lowest BCUT2D eigenvalue weighted by Gasteiger charge is -2.29. The molecule has 0 saturated heterocycles. The van der Waals surface area contributed by atoms with Gasteiger partial charge in [0.15, 0.2) is 0 Å². The van der Waals surface area contributed by atoms with E-state index in [-0.39, 0.29) is 0 Å². The predicted molar refractivity (Wildman–Crippen MR) is 136 cm³/mol. The summed E-state index contributed by atoms with van der Waals surface area (Å²) in [5, 5.41) is 1.19. The predicted octanol–water partition coefficient (Wildman–Crippen LogP) is 5.98. The van der Waals surface area contributed by atoms with Crippen LogP contribution in [0.5, 0.6) is 0 Å². The van der Waals surface area contributed by atoms with Crippen LogP contribution in [0.15, 0.2) is 61.2 Å². The second kappa shape index (κ2) is 13.6. The summed E-state index contributed by atoms with van der Waals surface area (Å²) in [5.41, 5.74) is 3.32. The second-order valence-electron chi connectivity index (χ2n) is 8.24. The van der Waals surface area contributed by atoms with Gasteiger partial charge in [-0.25, -0.2) is 0 Å². The molecule has 0 spiro atoms. The first kappa shape index (κ1) is 25.5. The quantitative estimate of drug-likeness (QED) is 0.319. The van der Waals surface area contributed by atoms with Gasteiger partial charge in [0.1, 0.15) is 0 Å². The molecule has 0 atom stereocenters. The molecule has 2 aromatic carbocycles. The van der Waals surface area contributed by atoms with Gasteiger partial charge in [-0.15, -0.1) is 0 Å². The van der Waals surface area contributed by atoms with E-state index in [1.54, 1.807) is 14.2 Å². The lowest BCUT2D eigenvalue weighted by molar-refractivity contribution is 0.241. The maximum Gasteiger partial charge on any atom is 0.372 e. The summed E-state index contributed by atoms with van der Waals surface area (Å²) in [6.07, 6.45) is 6.14. The van der Waals surface area contributed by atoms with E-state index in [9.17, 15) is 0 Å². The molecule has 0 aliphatic carbocycles. The third-order valence-corrected chi connectivity index (χ3v) is 9.63. The summed E-state index contributed by atoms with van der Waals surface area (Å²) >= 11 is 0. The van der Waals surface area contributed by atoms with Gasteiger partial charge < -0.3 is 13.8 Å². The fraction of sp³-hybridized carbons (Fsp3) is 0.481. The van der Waals surface area contributed by atoms with Gasteiger partial charge in [0, 0.05) is 14.2 Å². The van der Waals surface area contributed by atoms with E-state index in [1.165, 1.54) is 44.0 Å². The molecule has 0 amide bonds. The van der Waals surface area contributed by atoms with Crippen LogP contribution in [-0.2, 0) is 8.85 Å². The molecule has 0 bridgehead atoms. The van der Waals surface area contributed by atoms with Crippen LogP contribution >= 0.6 is 0 Å². The zero-order valence-corrected chi connectivity index (χ0v) is 21.0. The largest absolute Gasteiger partial charge is 0.394 e. The highest BCUT2D eigenvalue weighted by Gasteiger charge is 2.37. The first-order valence-corrected chi connectivity index (χ1v) is 13.8. The Morgan fingerprint density at radius 3 is 1.81 bits per heavy atom. The Morgan fingerprint density at radius 1 is 0.774 bits per heavy atom. The number of nitrogens with zero attached hydrogens (tertiary/aromatic N) is 1. The minimum Gasteiger partial charge on any atom is -0.394 e. The van der Waals surface area contributed by atoms with Crippen molar-refractivity contribution in [2.24, 2.45) is 0 Å². The molecule has 170 valence electrons. The van der Waals surface area contributed by atoms with Gasteiger partial charge in [-0.3, -0.25) is 0 Å². The Balaban J connectivity index is 2.06. The molecule has 0 aliphatic rings. The summed E-state index contributed by atoms with van der Waals surface area (Å²) in [6, 6.07) is 19.9. The molecule has 0 fully saturated rings. The number of hydrogen-bond donors (Lipinski definition) is 0. The summed E-state index contributed by atoms with van der Waals surface area (Å²) in [7, 11) is 1.17. The first-order chi connectivity index (χ1) is 15.1. The molecule has 0 N–H and O–H groups in total. The molecule has 31 heavy (non-hydrogen) atoms. The highest BCUT2D eigenvalue weighted by Crippen LogP contribution is 2.22. The van der Waals surface area contributed by atoms with Gasteiger partial charge in [-0.1, -0.05) is 87.9 Å². The third-order valence-electron chi connectivity index (χ3n) is 6.09. The third kappa shape index (κ3) is 7.43. The molecular formula is C27H41NO2Si. The van der Waals surface area contributed by atoms with E-state index >= 15 is 0 Å². The van der Waals surface area contributed by atoms with Crippen molar-refractivity contribution in [3.63, 3.8) is 0 Å². The maximum absolute atomic E-state index is 6.08. The molecule has 0 radical (unpaired) electrons. The Labute approximate surface area is 191 Å². The maximum atomic E-state index is 6.08. The second-order valence-corrected chi connectivity index (χ2v) is 11.6. The highest BCUT2D eigenvalue weighted by molar-refractivity contribution is 6.81. The van der Waals surface area contributed by atoms with Gasteiger partial charge in [-0.2, -0.15) is 0 Å². The molecule has 4 heteroatoms. The molecule has 2 rings (SSSR count). The number of rotatable bonds is 15. The zero-order valence-electron chi connectivity index (χ0n) is 20.0. The van der Waals surface area contributed by atoms with E-state index in [0.717, 1.165) is 35.7 Å². The van der Waals surface area contributed by atoms with Crippen molar-refractivity contribution in [1.29, 1.82) is 0 Å². The molecule has 2 aromatic rings. The minimum atomic E-state index is -2.44. The highest BCUT2D eigenvalue weighted by atomic mass is 28.4. The Hall–Kier alpha value is -1.72. The molecule has 0 saturated carbocycles. The Morgan fingerprint density at radius 2 is 1.29 bits per heavy atom. The van der Waals surface area contributed by atoms with E-state index in [0.29, 0.717) is 0 Å². The zero-order chi connectivity index (χ0) is 22.5. The van der Waals surface area contributed by atoms with Crippen LogP contribution in [0.1, 0.15) is 57.1 Å². The minimum absolute atomic E-state index is 0.966. The van der Waals surface area contributed by atoms with Gasteiger partial charge in [0.05, 0.1) is 0 Å². The van der Waals surface area contributed by atoms with E-state index in [1.807, 2.05) is 18.2 Å². The summed E-state index contributed by atoms with van der Waals surface area (Å²) in [5.74, 6) is 0. The van der Waals surface area contributed by atoms with Crippen molar-refractivity contribution in [3.8, 4) is 0 Å². The number of unbranched alkanes of at least 4 members (excludes halogenated alkanes) is 2. The van der Waals surface area contributed by atoms with Gasteiger partial charge in [-0.05, 0) is 66.8 Å². The van der Waals surface area contributed by atoms with Crippen LogP contribution in [-0.4, -0.2) is 47.3 Å². The van der Waals surface area contributed by atoms with Gasteiger partial charge in [0.2, 0.25) is 0 Å². The molecule has 0 heterocycles. The van der Waals surface area contributed by atoms with Crippen molar-refractivity contribution < 1.29 is 8.85 Å². The molecule has 0 aromatic heterocycles. The van der Waals surface area contributed by atoms with Crippen molar-refractivity contribution in [2.75, 3.05) is 33.9 Å². The Kier molecular flexibility index (Phi) is 11.2. The van der Waals surface area contributed by atoms with E-state index in [4.69, 9.17) is 8.85 Å². The smallest absolute Gasteiger partial charge is 0.372 e. The average molecular weight is 440 g/mol. The number of benzene rings is 2. The monoisotopic (exact) mass is 439 g/mol. The lowest BCUT2D eigenvalue weighted by atomic mass is 10.00. The molecule has 3 nitrogen and oxygen atoms in total. The van der Waals surface area contributed by atoms with E-state index < -0.39 is 8.56 Å². The van der Waals surface area contributed by atoms with Crippen molar-refractivity contribution in [3.05, 3.63) is 72.3 Å². The SMILES string of the molecule is C=C(c1ccccc1)c1ccc([Si](CCCN(CCCC)CCCC)(OC)OC)cc1. The first-order valence-electron chi connectivity index (χ1n) is 11.8. The fourth-order valence-corrected chi connectivity index (χ4v) is 6.67. The fourth-order valence-electron chi connectivity index (χ4n) is 4.03. The van der Waals surface area contributed by atoms with Crippen LogP contribution in [0.25, 0.3) is 5.57 Å². The summed E-state index contributed by atoms with van der Waals surface area (Å²) in [6.45, 7) is 12.3. The Bertz CT molecular complexity index is 749. The normalized spacial score (nSPS) is 11.8.